The van der Waals surface area contributed by atoms with Crippen molar-refractivity contribution in [3.63, 3.8) is 0 Å². The molecule has 1 aliphatic rings. The quantitative estimate of drug-likeness (QED) is 0.461. The smallest absolute Gasteiger partial charge is 0.404 e. The van der Waals surface area contributed by atoms with E-state index in [1.54, 1.807) is 30.6 Å². The molecular weight excluding hydrogens is 415 g/mol. The number of pyridine rings is 1. The number of amides is 1. The van der Waals surface area contributed by atoms with E-state index in [0.717, 1.165) is 18.9 Å². The van der Waals surface area contributed by atoms with Crippen molar-refractivity contribution >= 4 is 23.4 Å². The fourth-order valence-electron chi connectivity index (χ4n) is 3.78. The standard InChI is InChI=1S/C21H21FN8O2/c22-16-10-13(12-23)19(26-14-4-3-5-15(11-14)30-24-8-9-25-30)29-20(16)27-17-6-1-2-7-18(17)28-21(31)32/h3-5,8-11,17-18,28H,1-2,6-7H2,(H,31,32)(H2,26,27,29)/t17-,18+/m1/s1. The zero-order valence-corrected chi connectivity index (χ0v) is 17.0. The number of carbonyl (C=O) groups is 1. The molecule has 3 aromatic rings. The van der Waals surface area contributed by atoms with E-state index in [1.165, 1.54) is 4.80 Å². The lowest BCUT2D eigenvalue weighted by Crippen LogP contribution is -2.48. The summed E-state index contributed by atoms with van der Waals surface area (Å²) in [4.78, 5) is 16.9. The molecule has 1 amide bonds. The molecule has 11 heteroatoms. The first kappa shape index (κ1) is 21.0. The van der Waals surface area contributed by atoms with Crippen molar-refractivity contribution in [2.75, 3.05) is 10.6 Å². The minimum absolute atomic E-state index is 0.0412. The van der Waals surface area contributed by atoms with Crippen LogP contribution in [0.25, 0.3) is 5.69 Å². The fraction of sp³-hybridized carbons (Fsp3) is 0.286. The molecular formula is C21H21FN8O2. The SMILES string of the molecule is N#Cc1cc(F)c(N[C@@H]2CCCC[C@@H]2NC(=O)O)nc1Nc1cccc(-n2nccn2)c1. The number of halogens is 1. The van der Waals surface area contributed by atoms with E-state index in [1.807, 2.05) is 12.1 Å². The molecule has 0 unspecified atom stereocenters. The van der Waals surface area contributed by atoms with Crippen LogP contribution < -0.4 is 16.0 Å². The third-order valence-corrected chi connectivity index (χ3v) is 5.25. The van der Waals surface area contributed by atoms with Crippen LogP contribution >= 0.6 is 0 Å². The molecule has 0 saturated heterocycles. The summed E-state index contributed by atoms with van der Waals surface area (Å²) in [7, 11) is 0. The topological polar surface area (TPSA) is 141 Å². The highest BCUT2D eigenvalue weighted by Crippen LogP contribution is 2.27. The Morgan fingerprint density at radius 3 is 2.62 bits per heavy atom. The molecule has 164 valence electrons. The average molecular weight is 436 g/mol. The molecule has 1 aromatic carbocycles. The van der Waals surface area contributed by atoms with Gasteiger partial charge in [0.25, 0.3) is 0 Å². The lowest BCUT2D eigenvalue weighted by molar-refractivity contribution is 0.184. The maximum absolute atomic E-state index is 14.7. The van der Waals surface area contributed by atoms with Crippen LogP contribution in [0, 0.1) is 17.1 Å². The van der Waals surface area contributed by atoms with Gasteiger partial charge in [0, 0.05) is 11.7 Å². The van der Waals surface area contributed by atoms with E-state index in [-0.39, 0.29) is 29.3 Å². The van der Waals surface area contributed by atoms with Crippen molar-refractivity contribution in [2.45, 2.75) is 37.8 Å². The van der Waals surface area contributed by atoms with Crippen LogP contribution in [0.1, 0.15) is 31.2 Å². The van der Waals surface area contributed by atoms with E-state index >= 15 is 0 Å². The Bertz CT molecular complexity index is 1150. The van der Waals surface area contributed by atoms with Crippen LogP contribution in [0.5, 0.6) is 0 Å². The van der Waals surface area contributed by atoms with Crippen molar-refractivity contribution < 1.29 is 14.3 Å². The summed E-state index contributed by atoms with van der Waals surface area (Å²) in [6.07, 6.45) is 5.12. The van der Waals surface area contributed by atoms with Crippen LogP contribution in [-0.2, 0) is 0 Å². The third kappa shape index (κ3) is 4.75. The van der Waals surface area contributed by atoms with Gasteiger partial charge >= 0.3 is 6.09 Å². The van der Waals surface area contributed by atoms with E-state index < -0.39 is 11.9 Å². The molecule has 1 saturated carbocycles. The number of rotatable bonds is 6. The van der Waals surface area contributed by atoms with Crippen molar-refractivity contribution in [3.05, 3.63) is 54.1 Å². The highest BCUT2D eigenvalue weighted by Gasteiger charge is 2.28. The predicted octanol–water partition coefficient (Wildman–Crippen LogP) is 3.41. The molecule has 0 spiro atoms. The Morgan fingerprint density at radius 2 is 1.91 bits per heavy atom. The highest BCUT2D eigenvalue weighted by molar-refractivity contribution is 5.67. The minimum Gasteiger partial charge on any atom is -0.465 e. The van der Waals surface area contributed by atoms with Gasteiger partial charge in [0.2, 0.25) is 0 Å². The number of nitrogens with zero attached hydrogens (tertiary/aromatic N) is 5. The molecule has 0 radical (unpaired) electrons. The zero-order chi connectivity index (χ0) is 22.5. The molecule has 10 nitrogen and oxygen atoms in total. The summed E-state index contributed by atoms with van der Waals surface area (Å²) in [5, 5.41) is 35.3. The van der Waals surface area contributed by atoms with Gasteiger partial charge in [-0.15, -0.1) is 0 Å². The van der Waals surface area contributed by atoms with Crippen molar-refractivity contribution in [1.82, 2.24) is 25.3 Å². The van der Waals surface area contributed by atoms with Crippen LogP contribution in [-0.4, -0.2) is 43.3 Å². The highest BCUT2D eigenvalue weighted by atomic mass is 19.1. The van der Waals surface area contributed by atoms with Gasteiger partial charge in [-0.05, 0) is 37.1 Å². The number of anilines is 3. The Hall–Kier alpha value is -4.20. The minimum atomic E-state index is -1.12. The number of hydrogen-bond acceptors (Lipinski definition) is 7. The molecule has 32 heavy (non-hydrogen) atoms. The van der Waals surface area contributed by atoms with Crippen LogP contribution in [0.15, 0.2) is 42.7 Å². The molecule has 0 bridgehead atoms. The molecule has 4 rings (SSSR count). The first-order chi connectivity index (χ1) is 15.5. The molecule has 1 aliphatic carbocycles. The molecule has 1 fully saturated rings. The molecule has 2 heterocycles. The Balaban J connectivity index is 1.59. The molecule has 0 aliphatic heterocycles. The summed E-state index contributed by atoms with van der Waals surface area (Å²) < 4.78 is 14.7. The maximum Gasteiger partial charge on any atom is 0.404 e. The van der Waals surface area contributed by atoms with Crippen LogP contribution in [0.2, 0.25) is 0 Å². The predicted molar refractivity (Wildman–Crippen MR) is 114 cm³/mol. The summed E-state index contributed by atoms with van der Waals surface area (Å²) in [5.41, 5.74) is 1.35. The summed E-state index contributed by atoms with van der Waals surface area (Å²) in [6.45, 7) is 0. The normalized spacial score (nSPS) is 17.9. The number of nitriles is 1. The third-order valence-electron chi connectivity index (χ3n) is 5.25. The van der Waals surface area contributed by atoms with Crippen LogP contribution in [0.4, 0.5) is 26.5 Å². The molecule has 4 N–H and O–H groups in total. The summed E-state index contributed by atoms with van der Waals surface area (Å²) in [5.74, 6) is -0.540. The van der Waals surface area contributed by atoms with Gasteiger partial charge < -0.3 is 21.1 Å². The lowest BCUT2D eigenvalue weighted by atomic mass is 9.90. The van der Waals surface area contributed by atoms with E-state index in [4.69, 9.17) is 5.11 Å². The largest absolute Gasteiger partial charge is 0.465 e. The zero-order valence-electron chi connectivity index (χ0n) is 17.0. The van der Waals surface area contributed by atoms with Gasteiger partial charge in [0.15, 0.2) is 17.5 Å². The van der Waals surface area contributed by atoms with Crippen molar-refractivity contribution in [3.8, 4) is 11.8 Å². The fourth-order valence-corrected chi connectivity index (χ4v) is 3.78. The van der Waals surface area contributed by atoms with E-state index in [0.29, 0.717) is 24.2 Å². The first-order valence-electron chi connectivity index (χ1n) is 10.1. The van der Waals surface area contributed by atoms with Gasteiger partial charge in [0.1, 0.15) is 6.07 Å². The second kappa shape index (κ2) is 9.30. The number of carboxylic acid groups (broad SMARTS) is 1. The van der Waals surface area contributed by atoms with Crippen molar-refractivity contribution in [1.29, 1.82) is 5.26 Å². The second-order valence-electron chi connectivity index (χ2n) is 7.41. The van der Waals surface area contributed by atoms with E-state index in [2.05, 4.69) is 31.1 Å². The van der Waals surface area contributed by atoms with Gasteiger partial charge in [-0.25, -0.2) is 14.2 Å². The Morgan fingerprint density at radius 1 is 1.16 bits per heavy atom. The van der Waals surface area contributed by atoms with Gasteiger partial charge in [0.05, 0.1) is 29.7 Å². The van der Waals surface area contributed by atoms with Crippen molar-refractivity contribution in [2.24, 2.45) is 0 Å². The number of nitrogens with one attached hydrogen (secondary N) is 3. The monoisotopic (exact) mass is 436 g/mol. The van der Waals surface area contributed by atoms with Gasteiger partial charge in [-0.1, -0.05) is 18.9 Å². The lowest BCUT2D eigenvalue weighted by Gasteiger charge is -2.32. The second-order valence-corrected chi connectivity index (χ2v) is 7.41. The first-order valence-corrected chi connectivity index (χ1v) is 10.1. The Kier molecular flexibility index (Phi) is 6.12. The van der Waals surface area contributed by atoms with Crippen LogP contribution in [0.3, 0.4) is 0 Å². The maximum atomic E-state index is 14.7. The average Bonchev–Trinajstić information content (AvgIpc) is 3.32. The molecule has 2 atom stereocenters. The Labute approximate surface area is 183 Å². The number of aromatic nitrogens is 4. The van der Waals surface area contributed by atoms with Gasteiger partial charge in [-0.2, -0.15) is 20.3 Å². The summed E-state index contributed by atoms with van der Waals surface area (Å²) >= 11 is 0. The van der Waals surface area contributed by atoms with Gasteiger partial charge in [-0.3, -0.25) is 0 Å². The van der Waals surface area contributed by atoms with E-state index in [9.17, 15) is 14.4 Å². The number of hydrogen-bond donors (Lipinski definition) is 4. The summed E-state index contributed by atoms with van der Waals surface area (Å²) in [6, 6.07) is 9.56. The number of benzene rings is 1. The molecule has 2 aromatic heterocycles.